The average molecular weight is 262 g/mol. The summed E-state index contributed by atoms with van der Waals surface area (Å²) in [5.41, 5.74) is 1.61. The molecule has 3 unspecified atom stereocenters. The van der Waals surface area contributed by atoms with Gasteiger partial charge >= 0.3 is 0 Å². The van der Waals surface area contributed by atoms with Gasteiger partial charge in [0.15, 0.2) is 0 Å². The molecule has 1 saturated carbocycles. The number of benzene rings is 1. The van der Waals surface area contributed by atoms with Crippen LogP contribution in [-0.4, -0.2) is 18.3 Å². The molecule has 3 atom stereocenters. The molecule has 1 N–H and O–H groups in total. The van der Waals surface area contributed by atoms with Gasteiger partial charge in [0, 0.05) is 13.2 Å². The summed E-state index contributed by atoms with van der Waals surface area (Å²) in [6.45, 7) is 6.34. The first-order valence-electron chi connectivity index (χ1n) is 7.38. The topological polar surface area (TPSA) is 29.5 Å². The highest BCUT2D eigenvalue weighted by Gasteiger charge is 2.44. The van der Waals surface area contributed by atoms with Crippen molar-refractivity contribution in [2.75, 3.05) is 13.2 Å². The van der Waals surface area contributed by atoms with E-state index in [1.807, 2.05) is 18.2 Å². The van der Waals surface area contributed by atoms with E-state index in [4.69, 9.17) is 4.74 Å². The molecule has 1 aliphatic carbocycles. The van der Waals surface area contributed by atoms with Gasteiger partial charge in [-0.3, -0.25) is 0 Å². The van der Waals surface area contributed by atoms with Crippen LogP contribution in [0.2, 0.25) is 0 Å². The van der Waals surface area contributed by atoms with Crippen LogP contribution < -0.4 is 0 Å². The molecule has 106 valence electrons. The fourth-order valence-corrected chi connectivity index (χ4v) is 3.28. The molecule has 0 saturated heterocycles. The van der Waals surface area contributed by atoms with E-state index < -0.39 is 0 Å². The number of rotatable bonds is 7. The molecule has 0 aliphatic heterocycles. The zero-order chi connectivity index (χ0) is 13.7. The Kier molecular flexibility index (Phi) is 5.00. The molecule has 2 rings (SSSR count). The molecular formula is C17H26O2. The molecule has 0 radical (unpaired) electrons. The Morgan fingerprint density at radius 1 is 1.37 bits per heavy atom. The summed E-state index contributed by atoms with van der Waals surface area (Å²) < 4.78 is 5.79. The minimum Gasteiger partial charge on any atom is -0.396 e. The number of ether oxygens (including phenoxy) is 1. The van der Waals surface area contributed by atoms with Crippen molar-refractivity contribution in [2.24, 2.45) is 17.3 Å². The highest BCUT2D eigenvalue weighted by Crippen LogP contribution is 2.52. The fraction of sp³-hybridized carbons (Fsp3) is 0.647. The van der Waals surface area contributed by atoms with E-state index in [0.717, 1.165) is 13.0 Å². The number of hydrogen-bond donors (Lipinski definition) is 1. The van der Waals surface area contributed by atoms with Crippen LogP contribution in [0.1, 0.15) is 38.7 Å². The van der Waals surface area contributed by atoms with Gasteiger partial charge in [-0.2, -0.15) is 0 Å². The molecule has 0 amide bonds. The SMILES string of the molecule is CC(CO)C1CCC1(C)CCOCc1ccccc1. The fourth-order valence-electron chi connectivity index (χ4n) is 3.28. The lowest BCUT2D eigenvalue weighted by Crippen LogP contribution is -2.43. The zero-order valence-corrected chi connectivity index (χ0v) is 12.1. The van der Waals surface area contributed by atoms with Gasteiger partial charge in [-0.15, -0.1) is 0 Å². The Bertz CT molecular complexity index is 376. The minimum absolute atomic E-state index is 0.311. The first-order valence-corrected chi connectivity index (χ1v) is 7.38. The van der Waals surface area contributed by atoms with Crippen LogP contribution in [0.15, 0.2) is 30.3 Å². The Hall–Kier alpha value is -0.860. The predicted molar refractivity (Wildman–Crippen MR) is 77.8 cm³/mol. The van der Waals surface area contributed by atoms with Crippen LogP contribution in [0.3, 0.4) is 0 Å². The third kappa shape index (κ3) is 3.58. The summed E-state index contributed by atoms with van der Waals surface area (Å²) in [4.78, 5) is 0. The maximum Gasteiger partial charge on any atom is 0.0716 e. The highest BCUT2D eigenvalue weighted by atomic mass is 16.5. The first kappa shape index (κ1) is 14.5. The second kappa shape index (κ2) is 6.53. The lowest BCUT2D eigenvalue weighted by atomic mass is 9.56. The summed E-state index contributed by atoms with van der Waals surface area (Å²) >= 11 is 0. The van der Waals surface area contributed by atoms with Crippen LogP contribution in [0.4, 0.5) is 0 Å². The minimum atomic E-state index is 0.311. The van der Waals surface area contributed by atoms with Crippen LogP contribution >= 0.6 is 0 Å². The van der Waals surface area contributed by atoms with Crippen molar-refractivity contribution in [1.29, 1.82) is 0 Å². The van der Waals surface area contributed by atoms with Crippen LogP contribution in [0.5, 0.6) is 0 Å². The van der Waals surface area contributed by atoms with E-state index in [1.54, 1.807) is 0 Å². The molecule has 0 heterocycles. The molecule has 1 aromatic rings. The molecule has 1 fully saturated rings. The van der Waals surface area contributed by atoms with Crippen molar-refractivity contribution < 1.29 is 9.84 Å². The monoisotopic (exact) mass is 262 g/mol. The van der Waals surface area contributed by atoms with E-state index >= 15 is 0 Å². The van der Waals surface area contributed by atoms with Crippen molar-refractivity contribution in [1.82, 2.24) is 0 Å². The summed E-state index contributed by atoms with van der Waals surface area (Å²) in [5.74, 6) is 1.09. The number of aliphatic hydroxyl groups excluding tert-OH is 1. The van der Waals surface area contributed by atoms with E-state index in [-0.39, 0.29) is 0 Å². The van der Waals surface area contributed by atoms with Gasteiger partial charge in [0.2, 0.25) is 0 Å². The van der Waals surface area contributed by atoms with Gasteiger partial charge in [-0.25, -0.2) is 0 Å². The second-order valence-corrected chi connectivity index (χ2v) is 6.25. The molecule has 0 spiro atoms. The third-order valence-corrected chi connectivity index (χ3v) is 4.83. The molecule has 0 aromatic heterocycles. The Morgan fingerprint density at radius 3 is 2.68 bits per heavy atom. The summed E-state index contributed by atoms with van der Waals surface area (Å²) in [7, 11) is 0. The van der Waals surface area contributed by atoms with Gasteiger partial charge in [-0.1, -0.05) is 44.2 Å². The average Bonchev–Trinajstić information content (AvgIpc) is 2.43. The first-order chi connectivity index (χ1) is 9.15. The van der Waals surface area contributed by atoms with E-state index in [9.17, 15) is 5.11 Å². The normalized spacial score (nSPS) is 27.8. The third-order valence-electron chi connectivity index (χ3n) is 4.83. The predicted octanol–water partition coefficient (Wildman–Crippen LogP) is 3.64. The number of aliphatic hydroxyl groups is 1. The molecule has 1 aromatic carbocycles. The maximum absolute atomic E-state index is 9.29. The quantitative estimate of drug-likeness (QED) is 0.760. The molecule has 2 heteroatoms. The van der Waals surface area contributed by atoms with Gasteiger partial charge in [0.1, 0.15) is 0 Å². The Morgan fingerprint density at radius 2 is 2.11 bits per heavy atom. The standard InChI is InChI=1S/C17H26O2/c1-14(12-18)16-8-9-17(16,2)10-11-19-13-15-6-4-3-5-7-15/h3-7,14,16,18H,8-13H2,1-2H3. The largest absolute Gasteiger partial charge is 0.396 e. The van der Waals surface area contributed by atoms with Crippen LogP contribution in [-0.2, 0) is 11.3 Å². The Balaban J connectivity index is 1.71. The van der Waals surface area contributed by atoms with E-state index in [2.05, 4.69) is 26.0 Å². The summed E-state index contributed by atoms with van der Waals surface area (Å²) in [6, 6.07) is 10.3. The van der Waals surface area contributed by atoms with E-state index in [0.29, 0.717) is 30.5 Å². The van der Waals surface area contributed by atoms with Crippen molar-refractivity contribution in [2.45, 2.75) is 39.7 Å². The lowest BCUT2D eigenvalue weighted by Gasteiger charge is -2.50. The van der Waals surface area contributed by atoms with Crippen molar-refractivity contribution >= 4 is 0 Å². The van der Waals surface area contributed by atoms with Crippen molar-refractivity contribution in [3.05, 3.63) is 35.9 Å². The maximum atomic E-state index is 9.29. The zero-order valence-electron chi connectivity index (χ0n) is 12.1. The van der Waals surface area contributed by atoms with Gasteiger partial charge in [0.05, 0.1) is 6.61 Å². The second-order valence-electron chi connectivity index (χ2n) is 6.25. The van der Waals surface area contributed by atoms with Crippen molar-refractivity contribution in [3.63, 3.8) is 0 Å². The van der Waals surface area contributed by atoms with Gasteiger partial charge in [-0.05, 0) is 42.1 Å². The molecule has 2 nitrogen and oxygen atoms in total. The van der Waals surface area contributed by atoms with Crippen LogP contribution in [0.25, 0.3) is 0 Å². The highest BCUT2D eigenvalue weighted by molar-refractivity contribution is 5.13. The molecular weight excluding hydrogens is 236 g/mol. The summed E-state index contributed by atoms with van der Waals surface area (Å²) in [6.07, 6.45) is 3.64. The Labute approximate surface area is 116 Å². The molecule has 1 aliphatic rings. The van der Waals surface area contributed by atoms with E-state index in [1.165, 1.54) is 18.4 Å². The van der Waals surface area contributed by atoms with Crippen LogP contribution in [0, 0.1) is 17.3 Å². The van der Waals surface area contributed by atoms with Gasteiger partial charge < -0.3 is 9.84 Å². The lowest BCUT2D eigenvalue weighted by molar-refractivity contribution is -0.0393. The smallest absolute Gasteiger partial charge is 0.0716 e. The molecule has 19 heavy (non-hydrogen) atoms. The van der Waals surface area contributed by atoms with Gasteiger partial charge in [0.25, 0.3) is 0 Å². The summed E-state index contributed by atoms with van der Waals surface area (Å²) in [5, 5.41) is 9.29. The number of hydrogen-bond acceptors (Lipinski definition) is 2. The van der Waals surface area contributed by atoms with Crippen molar-refractivity contribution in [3.8, 4) is 0 Å². The molecule has 0 bridgehead atoms.